The SMILES string of the molecule is CCCCC(Oc1ccc(OC(=O)CC)cc1)c1cccc(-c2ccc(C(F)(F)F)cc2)n1. The summed E-state index contributed by atoms with van der Waals surface area (Å²) in [5.41, 5.74) is 1.18. The molecule has 3 rings (SSSR count). The molecule has 0 fully saturated rings. The fourth-order valence-electron chi connectivity index (χ4n) is 3.23. The number of esters is 1. The lowest BCUT2D eigenvalue weighted by atomic mass is 10.1. The Labute approximate surface area is 191 Å². The Hall–Kier alpha value is -3.35. The van der Waals surface area contributed by atoms with E-state index >= 15 is 0 Å². The minimum Gasteiger partial charge on any atom is -0.484 e. The smallest absolute Gasteiger partial charge is 0.416 e. The molecule has 3 aromatic rings. The second kappa shape index (κ2) is 11.0. The maximum atomic E-state index is 12.9. The molecule has 0 spiro atoms. The Balaban J connectivity index is 1.80. The Kier molecular flexibility index (Phi) is 8.09. The van der Waals surface area contributed by atoms with E-state index in [0.717, 1.165) is 31.4 Å². The van der Waals surface area contributed by atoms with E-state index < -0.39 is 11.7 Å². The van der Waals surface area contributed by atoms with Crippen molar-refractivity contribution in [3.8, 4) is 22.8 Å². The lowest BCUT2D eigenvalue weighted by molar-refractivity contribution is -0.137. The molecule has 0 amide bonds. The topological polar surface area (TPSA) is 48.4 Å². The van der Waals surface area contributed by atoms with Gasteiger partial charge in [0.2, 0.25) is 0 Å². The summed E-state index contributed by atoms with van der Waals surface area (Å²) in [4.78, 5) is 16.1. The Morgan fingerprint density at radius 2 is 1.61 bits per heavy atom. The molecular weight excluding hydrogens is 431 g/mol. The van der Waals surface area contributed by atoms with Crippen LogP contribution < -0.4 is 9.47 Å². The molecular formula is C26H26F3NO3. The van der Waals surface area contributed by atoms with Crippen LogP contribution in [0.15, 0.2) is 66.7 Å². The molecule has 174 valence electrons. The number of carbonyl (C=O) groups excluding carboxylic acids is 1. The number of aromatic nitrogens is 1. The van der Waals surface area contributed by atoms with Crippen molar-refractivity contribution in [3.63, 3.8) is 0 Å². The first-order valence-corrected chi connectivity index (χ1v) is 10.9. The average Bonchev–Trinajstić information content (AvgIpc) is 2.82. The monoisotopic (exact) mass is 457 g/mol. The molecule has 0 radical (unpaired) electrons. The molecule has 33 heavy (non-hydrogen) atoms. The van der Waals surface area contributed by atoms with Crippen molar-refractivity contribution in [2.45, 2.75) is 51.8 Å². The summed E-state index contributed by atoms with van der Waals surface area (Å²) in [6.45, 7) is 3.81. The lowest BCUT2D eigenvalue weighted by Gasteiger charge is -2.19. The summed E-state index contributed by atoms with van der Waals surface area (Å²) in [5.74, 6) is 0.740. The zero-order chi connectivity index (χ0) is 23.8. The minimum absolute atomic E-state index is 0.290. The third-order valence-electron chi connectivity index (χ3n) is 5.05. The van der Waals surface area contributed by atoms with Crippen LogP contribution in [-0.2, 0) is 11.0 Å². The van der Waals surface area contributed by atoms with Gasteiger partial charge in [-0.2, -0.15) is 13.2 Å². The zero-order valence-corrected chi connectivity index (χ0v) is 18.6. The van der Waals surface area contributed by atoms with Gasteiger partial charge in [0.15, 0.2) is 0 Å². The normalized spacial score (nSPS) is 12.3. The number of rotatable bonds is 9. The molecule has 0 aliphatic carbocycles. The van der Waals surface area contributed by atoms with Crippen molar-refractivity contribution in [3.05, 3.63) is 78.0 Å². The number of pyridine rings is 1. The first kappa shape index (κ1) is 24.3. The quantitative estimate of drug-likeness (QED) is 0.248. The lowest BCUT2D eigenvalue weighted by Crippen LogP contribution is -2.10. The molecule has 2 aromatic carbocycles. The molecule has 0 aliphatic heterocycles. The highest BCUT2D eigenvalue weighted by atomic mass is 19.4. The zero-order valence-electron chi connectivity index (χ0n) is 18.6. The number of halogens is 3. The molecule has 4 nitrogen and oxygen atoms in total. The van der Waals surface area contributed by atoms with E-state index in [0.29, 0.717) is 28.5 Å². The molecule has 1 unspecified atom stereocenters. The minimum atomic E-state index is -4.38. The summed E-state index contributed by atoms with van der Waals surface area (Å²) < 4.78 is 50.0. The molecule has 0 N–H and O–H groups in total. The van der Waals surface area contributed by atoms with Crippen LogP contribution >= 0.6 is 0 Å². The van der Waals surface area contributed by atoms with Gasteiger partial charge in [-0.05, 0) is 61.4 Å². The maximum absolute atomic E-state index is 12.9. The van der Waals surface area contributed by atoms with Crippen molar-refractivity contribution in [2.75, 3.05) is 0 Å². The number of carbonyl (C=O) groups is 1. The van der Waals surface area contributed by atoms with Gasteiger partial charge >= 0.3 is 12.1 Å². The number of nitrogens with zero attached hydrogens (tertiary/aromatic N) is 1. The van der Waals surface area contributed by atoms with E-state index in [9.17, 15) is 18.0 Å². The maximum Gasteiger partial charge on any atom is 0.416 e. The summed E-state index contributed by atoms with van der Waals surface area (Å²) >= 11 is 0. The molecule has 1 atom stereocenters. The van der Waals surface area contributed by atoms with Gasteiger partial charge in [0, 0.05) is 12.0 Å². The van der Waals surface area contributed by atoms with Crippen LogP contribution in [0, 0.1) is 0 Å². The summed E-state index contributed by atoms with van der Waals surface area (Å²) in [7, 11) is 0. The predicted molar refractivity (Wildman–Crippen MR) is 120 cm³/mol. The fraction of sp³-hybridized carbons (Fsp3) is 0.308. The number of unbranched alkanes of at least 4 members (excludes halogenated alkanes) is 1. The van der Waals surface area contributed by atoms with Gasteiger partial charge in [-0.1, -0.05) is 38.5 Å². The average molecular weight is 457 g/mol. The summed E-state index contributed by atoms with van der Waals surface area (Å²) in [5, 5.41) is 0. The van der Waals surface area contributed by atoms with Crippen molar-refractivity contribution in [1.29, 1.82) is 0 Å². The van der Waals surface area contributed by atoms with E-state index in [2.05, 4.69) is 11.9 Å². The Morgan fingerprint density at radius 3 is 2.21 bits per heavy atom. The van der Waals surface area contributed by atoms with Gasteiger partial charge in [0.25, 0.3) is 0 Å². The molecule has 0 bridgehead atoms. The van der Waals surface area contributed by atoms with Gasteiger partial charge in [-0.15, -0.1) is 0 Å². The standard InChI is InChI=1S/C26H26F3NO3/c1-3-5-9-24(32-20-14-16-21(17-15-20)33-25(31)4-2)23-8-6-7-22(30-23)18-10-12-19(13-11-18)26(27,28)29/h6-8,10-17,24H,3-5,9H2,1-2H3. The van der Waals surface area contributed by atoms with E-state index in [4.69, 9.17) is 9.47 Å². The second-order valence-corrected chi connectivity index (χ2v) is 7.57. The molecule has 0 saturated carbocycles. The molecule has 7 heteroatoms. The molecule has 1 aromatic heterocycles. The summed E-state index contributed by atoms with van der Waals surface area (Å²) in [6, 6.07) is 17.2. The van der Waals surface area contributed by atoms with Crippen LogP contribution in [0.3, 0.4) is 0 Å². The van der Waals surface area contributed by atoms with Crippen molar-refractivity contribution in [2.24, 2.45) is 0 Å². The van der Waals surface area contributed by atoms with E-state index in [-0.39, 0.29) is 18.5 Å². The highest BCUT2D eigenvalue weighted by Gasteiger charge is 2.30. The van der Waals surface area contributed by atoms with Gasteiger partial charge in [0.05, 0.1) is 17.0 Å². The van der Waals surface area contributed by atoms with Gasteiger partial charge in [-0.3, -0.25) is 4.79 Å². The number of ether oxygens (including phenoxy) is 2. The number of hydrogen-bond donors (Lipinski definition) is 0. The van der Waals surface area contributed by atoms with Gasteiger partial charge in [0.1, 0.15) is 17.6 Å². The van der Waals surface area contributed by atoms with E-state index in [1.807, 2.05) is 12.1 Å². The number of benzene rings is 2. The van der Waals surface area contributed by atoms with Crippen molar-refractivity contribution >= 4 is 5.97 Å². The summed E-state index contributed by atoms with van der Waals surface area (Å²) in [6.07, 6.45) is -1.79. The predicted octanol–water partition coefficient (Wildman–Crippen LogP) is 7.39. The molecule has 0 aliphatic rings. The third kappa shape index (κ3) is 6.81. The highest BCUT2D eigenvalue weighted by molar-refractivity contribution is 5.71. The van der Waals surface area contributed by atoms with Crippen LogP contribution in [0.5, 0.6) is 11.5 Å². The van der Waals surface area contributed by atoms with Gasteiger partial charge < -0.3 is 9.47 Å². The van der Waals surface area contributed by atoms with Crippen molar-refractivity contribution < 1.29 is 27.4 Å². The largest absolute Gasteiger partial charge is 0.484 e. The first-order valence-electron chi connectivity index (χ1n) is 10.9. The second-order valence-electron chi connectivity index (χ2n) is 7.57. The fourth-order valence-corrected chi connectivity index (χ4v) is 3.23. The van der Waals surface area contributed by atoms with Gasteiger partial charge in [-0.25, -0.2) is 4.98 Å². The van der Waals surface area contributed by atoms with Crippen LogP contribution in [0.1, 0.15) is 56.9 Å². The number of alkyl halides is 3. The van der Waals surface area contributed by atoms with Crippen LogP contribution in [0.4, 0.5) is 13.2 Å². The Bertz CT molecular complexity index is 1050. The number of hydrogen-bond acceptors (Lipinski definition) is 4. The van der Waals surface area contributed by atoms with Crippen LogP contribution in [0.2, 0.25) is 0 Å². The first-order chi connectivity index (χ1) is 15.8. The van der Waals surface area contributed by atoms with Crippen molar-refractivity contribution in [1.82, 2.24) is 4.98 Å². The highest BCUT2D eigenvalue weighted by Crippen LogP contribution is 2.32. The van der Waals surface area contributed by atoms with Crippen LogP contribution in [-0.4, -0.2) is 11.0 Å². The molecule has 1 heterocycles. The van der Waals surface area contributed by atoms with E-state index in [1.54, 1.807) is 37.3 Å². The van der Waals surface area contributed by atoms with E-state index in [1.165, 1.54) is 12.1 Å². The third-order valence-corrected chi connectivity index (χ3v) is 5.05. The van der Waals surface area contributed by atoms with Crippen LogP contribution in [0.25, 0.3) is 11.3 Å². The molecule has 0 saturated heterocycles. The Morgan fingerprint density at radius 1 is 0.939 bits per heavy atom.